The Bertz CT molecular complexity index is 2820. The van der Waals surface area contributed by atoms with E-state index < -0.39 is 8.07 Å². The van der Waals surface area contributed by atoms with Gasteiger partial charge in [0.15, 0.2) is 0 Å². The zero-order chi connectivity index (χ0) is 40.9. The first-order valence-electron chi connectivity index (χ1n) is 20.2. The second kappa shape index (κ2) is 18.4. The third-order valence-electron chi connectivity index (χ3n) is 11.2. The molecule has 0 saturated heterocycles. The Balaban J connectivity index is 0.000000359. The smallest absolute Gasteiger partial charge is 0.148 e. The van der Waals surface area contributed by atoms with E-state index in [2.05, 4.69) is 142 Å². The van der Waals surface area contributed by atoms with Crippen LogP contribution in [0.2, 0.25) is 6.55 Å². The zero-order valence-electron chi connectivity index (χ0n) is 34.4. The number of aromatic nitrogens is 2. The zero-order valence-corrected chi connectivity index (χ0v) is 37.8. The molecule has 3 heterocycles. The number of nitrogens with zero attached hydrogens (tertiary/aromatic N) is 3. The minimum atomic E-state index is -2.84. The average molecular weight is 972 g/mol. The molecule has 60 heavy (non-hydrogen) atoms. The Labute approximate surface area is 368 Å². The van der Waals surface area contributed by atoms with Gasteiger partial charge in [-0.15, -0.1) is 41.1 Å². The number of hydrogen-bond donors (Lipinski definition) is 0. The number of benzene rings is 6. The first-order valence-corrected chi connectivity index (χ1v) is 22.7. The van der Waals surface area contributed by atoms with Crippen molar-refractivity contribution in [2.75, 3.05) is 0 Å². The van der Waals surface area contributed by atoms with Gasteiger partial charge < -0.3 is 9.40 Å². The number of nitriles is 1. The molecule has 0 fully saturated rings. The molecule has 297 valence electrons. The molecule has 9 rings (SSSR count). The molecule has 3 aromatic heterocycles. The molecule has 1 unspecified atom stereocenters. The van der Waals surface area contributed by atoms with Crippen molar-refractivity contribution in [3.05, 3.63) is 199 Å². The van der Waals surface area contributed by atoms with Gasteiger partial charge in [-0.3, -0.25) is 4.98 Å². The van der Waals surface area contributed by atoms with E-state index in [1.807, 2.05) is 79.0 Å². The third kappa shape index (κ3) is 8.31. The Hall–Kier alpha value is -6.22. The van der Waals surface area contributed by atoms with Crippen LogP contribution in [-0.4, -0.2) is 18.0 Å². The molecule has 9 aromatic rings. The van der Waals surface area contributed by atoms with Gasteiger partial charge in [-0.1, -0.05) is 131 Å². The van der Waals surface area contributed by atoms with Crippen molar-refractivity contribution in [1.82, 2.24) is 9.97 Å². The monoisotopic (exact) mass is 972 g/mol. The summed E-state index contributed by atoms with van der Waals surface area (Å²) in [5, 5.41) is 15.2. The quantitative estimate of drug-likeness (QED) is 0.112. The summed E-state index contributed by atoms with van der Waals surface area (Å²) in [6, 6.07) is 63.2. The van der Waals surface area contributed by atoms with Crippen LogP contribution >= 0.6 is 0 Å². The summed E-state index contributed by atoms with van der Waals surface area (Å²) in [5.74, 6) is 0.546. The number of rotatable bonds is 8. The molecule has 1 radical (unpaired) electrons. The van der Waals surface area contributed by atoms with Gasteiger partial charge in [-0.05, 0) is 86.4 Å². The largest absolute Gasteiger partial charge is 0.516 e. The van der Waals surface area contributed by atoms with E-state index in [0.29, 0.717) is 5.56 Å². The fourth-order valence-corrected chi connectivity index (χ4v) is 12.5. The van der Waals surface area contributed by atoms with Crippen molar-refractivity contribution in [1.29, 1.82) is 5.26 Å². The van der Waals surface area contributed by atoms with Gasteiger partial charge >= 0.3 is 0 Å². The second-order valence-electron chi connectivity index (χ2n) is 15.6. The normalized spacial score (nSPS) is 12.0. The summed E-state index contributed by atoms with van der Waals surface area (Å²) in [6.07, 6.45) is 3.70. The SMILES string of the molecule is CC(C)c1cc(-c2ccc(-c3ccccc3)cc2)cc(C(C)C)c1[Si](C)(c1ccccn1)c1[c-]ccc2c1oc1cc(C#N)ccc12.[Ir].[c-]1ccccc1-c1ccccn1. The molecule has 0 aliphatic rings. The summed E-state index contributed by atoms with van der Waals surface area (Å²) in [5.41, 5.74) is 11.7. The standard InChI is InChI=1S/C43H37N2OSi.C11H8N.Ir/c1-28(2)37-25-34(33-20-18-32(19-21-33)31-12-7-6-8-13-31)26-38(29(3)4)43(37)47(5,41-16-9-10-23-45-41)40-15-11-14-36-35-22-17-30(27-44)24-39(35)46-42(36)40;1-2-6-10(7-3-1)11-8-4-5-9-12-11;/h6-14,16-26,28-29H,1-5H3;1-6,8-9H;/q2*-1;. The molecular weight excluding hydrogens is 927 g/mol. The summed E-state index contributed by atoms with van der Waals surface area (Å²) in [7, 11) is -2.84. The van der Waals surface area contributed by atoms with Crippen molar-refractivity contribution in [2.24, 2.45) is 0 Å². The first-order chi connectivity index (χ1) is 28.8. The third-order valence-corrected chi connectivity index (χ3v) is 15.4. The summed E-state index contributed by atoms with van der Waals surface area (Å²) < 4.78 is 6.68. The van der Waals surface area contributed by atoms with Crippen LogP contribution in [0.3, 0.4) is 0 Å². The average Bonchev–Trinajstić information content (AvgIpc) is 3.68. The predicted molar refractivity (Wildman–Crippen MR) is 246 cm³/mol. The van der Waals surface area contributed by atoms with Gasteiger partial charge in [0.05, 0.1) is 11.6 Å². The van der Waals surface area contributed by atoms with Gasteiger partial charge in [0.1, 0.15) is 13.7 Å². The first kappa shape index (κ1) is 41.9. The van der Waals surface area contributed by atoms with Crippen LogP contribution in [0.4, 0.5) is 0 Å². The van der Waals surface area contributed by atoms with Crippen molar-refractivity contribution in [3.8, 4) is 39.6 Å². The molecule has 0 aliphatic heterocycles. The number of fused-ring (bicyclic) bond motifs is 3. The number of pyridine rings is 2. The van der Waals surface area contributed by atoms with E-state index in [0.717, 1.165) is 43.7 Å². The summed E-state index contributed by atoms with van der Waals surface area (Å²) in [4.78, 5) is 9.29. The minimum absolute atomic E-state index is 0. The van der Waals surface area contributed by atoms with Crippen molar-refractivity contribution in [2.45, 2.75) is 46.1 Å². The van der Waals surface area contributed by atoms with Crippen molar-refractivity contribution in [3.63, 3.8) is 0 Å². The molecule has 4 nitrogen and oxygen atoms in total. The van der Waals surface area contributed by atoms with Crippen molar-refractivity contribution >= 4 is 45.7 Å². The maximum Gasteiger partial charge on any atom is 0.148 e. The van der Waals surface area contributed by atoms with Crippen LogP contribution in [0.15, 0.2) is 175 Å². The van der Waals surface area contributed by atoms with Crippen LogP contribution in [0, 0.1) is 23.5 Å². The molecule has 0 N–H and O–H groups in total. The summed E-state index contributed by atoms with van der Waals surface area (Å²) in [6.45, 7) is 11.6. The fraction of sp³-hybridized carbons (Fsp3) is 0.130. The Kier molecular flexibility index (Phi) is 12.8. The van der Waals surface area contributed by atoms with E-state index in [9.17, 15) is 5.26 Å². The molecule has 0 spiro atoms. The minimum Gasteiger partial charge on any atom is -0.516 e. The summed E-state index contributed by atoms with van der Waals surface area (Å²) >= 11 is 0. The molecule has 0 amide bonds. The molecule has 0 aliphatic carbocycles. The van der Waals surface area contributed by atoms with Crippen LogP contribution in [0.1, 0.15) is 56.2 Å². The van der Waals surface area contributed by atoms with E-state index in [-0.39, 0.29) is 31.9 Å². The molecule has 6 aromatic carbocycles. The van der Waals surface area contributed by atoms with E-state index in [1.54, 1.807) is 6.20 Å². The molecule has 0 bridgehead atoms. The topological polar surface area (TPSA) is 62.7 Å². The van der Waals surface area contributed by atoms with Crippen LogP contribution in [0.5, 0.6) is 0 Å². The van der Waals surface area contributed by atoms with E-state index >= 15 is 0 Å². The number of hydrogen-bond acceptors (Lipinski definition) is 4. The van der Waals surface area contributed by atoms with Crippen molar-refractivity contribution < 1.29 is 24.5 Å². The van der Waals surface area contributed by atoms with Crippen LogP contribution in [0.25, 0.3) is 55.4 Å². The Morgan fingerprint density at radius 1 is 0.600 bits per heavy atom. The fourth-order valence-electron chi connectivity index (χ4n) is 8.13. The Morgan fingerprint density at radius 2 is 1.23 bits per heavy atom. The Morgan fingerprint density at radius 3 is 1.83 bits per heavy atom. The van der Waals surface area contributed by atoms with Gasteiger partial charge in [0.25, 0.3) is 0 Å². The van der Waals surface area contributed by atoms with Crippen LogP contribution in [-0.2, 0) is 20.1 Å². The second-order valence-corrected chi connectivity index (χ2v) is 19.4. The van der Waals surface area contributed by atoms with Gasteiger partial charge in [-0.2, -0.15) is 23.5 Å². The van der Waals surface area contributed by atoms with Crippen LogP contribution < -0.4 is 15.7 Å². The molecule has 6 heteroatoms. The van der Waals surface area contributed by atoms with Gasteiger partial charge in [0.2, 0.25) is 0 Å². The maximum atomic E-state index is 9.59. The van der Waals surface area contributed by atoms with Gasteiger partial charge in [-0.25, -0.2) is 0 Å². The predicted octanol–water partition coefficient (Wildman–Crippen LogP) is 11.9. The molecular formula is C54H45IrN3OSi-2. The molecule has 1 atom stereocenters. The number of furan rings is 1. The van der Waals surface area contributed by atoms with E-state index in [4.69, 9.17) is 9.40 Å². The maximum absolute atomic E-state index is 9.59. The van der Waals surface area contributed by atoms with E-state index in [1.165, 1.54) is 38.6 Å². The van der Waals surface area contributed by atoms with Gasteiger partial charge in [0, 0.05) is 48.8 Å². The molecule has 0 saturated carbocycles.